The third-order valence-electron chi connectivity index (χ3n) is 3.35. The highest BCUT2D eigenvalue weighted by atomic mass is 16.5. The predicted molar refractivity (Wildman–Crippen MR) is 68.1 cm³/mol. The Morgan fingerprint density at radius 1 is 1.44 bits per heavy atom. The van der Waals surface area contributed by atoms with Crippen LogP contribution in [0.5, 0.6) is 5.75 Å². The van der Waals surface area contributed by atoms with Crippen molar-refractivity contribution in [3.63, 3.8) is 0 Å². The molecule has 0 aliphatic heterocycles. The first kappa shape index (κ1) is 12.9. The van der Waals surface area contributed by atoms with Gasteiger partial charge in [-0.1, -0.05) is 6.07 Å². The molecule has 2 unspecified atom stereocenters. The summed E-state index contributed by atoms with van der Waals surface area (Å²) in [6, 6.07) is 7.79. The van der Waals surface area contributed by atoms with Crippen LogP contribution in [0.4, 0.5) is 0 Å². The van der Waals surface area contributed by atoms with Crippen molar-refractivity contribution in [2.24, 2.45) is 5.73 Å². The molecule has 2 atom stereocenters. The van der Waals surface area contributed by atoms with Crippen LogP contribution >= 0.6 is 0 Å². The van der Waals surface area contributed by atoms with E-state index >= 15 is 0 Å². The molecule has 2 rings (SSSR count). The van der Waals surface area contributed by atoms with Crippen LogP contribution < -0.4 is 10.5 Å². The molecule has 1 aliphatic carbocycles. The van der Waals surface area contributed by atoms with Crippen LogP contribution in [0.1, 0.15) is 30.4 Å². The average Bonchev–Trinajstić information content (AvgIpc) is 2.81. The largest absolute Gasteiger partial charge is 0.495 e. The van der Waals surface area contributed by atoms with Gasteiger partial charge in [0.15, 0.2) is 0 Å². The van der Waals surface area contributed by atoms with Gasteiger partial charge in [0.25, 0.3) is 0 Å². The molecule has 0 spiro atoms. The second kappa shape index (κ2) is 5.85. The molecular weight excluding hydrogens is 228 g/mol. The number of ether oxygens (including phenoxy) is 2. The van der Waals surface area contributed by atoms with E-state index in [2.05, 4.69) is 6.07 Å². The molecular formula is C14H18N2O2. The second-order valence-corrected chi connectivity index (χ2v) is 4.59. The smallest absolute Gasteiger partial charge is 0.136 e. The lowest BCUT2D eigenvalue weighted by atomic mass is 10.1. The van der Waals surface area contributed by atoms with Gasteiger partial charge in [0.2, 0.25) is 0 Å². The standard InChI is InChI=1S/C14H18N2O2/c1-17-13-6-5-10(7-11(13)8-15)9-18-14-4-2-3-12(14)16/h5-7,12,14H,2-4,9,16H2,1H3. The minimum atomic E-state index is 0.151. The molecule has 1 fully saturated rings. The van der Waals surface area contributed by atoms with Crippen molar-refractivity contribution < 1.29 is 9.47 Å². The van der Waals surface area contributed by atoms with Crippen LogP contribution in [0.2, 0.25) is 0 Å². The zero-order valence-corrected chi connectivity index (χ0v) is 10.6. The van der Waals surface area contributed by atoms with Gasteiger partial charge in [0, 0.05) is 6.04 Å². The van der Waals surface area contributed by atoms with E-state index in [1.165, 1.54) is 0 Å². The molecule has 1 aromatic rings. The zero-order valence-electron chi connectivity index (χ0n) is 10.6. The van der Waals surface area contributed by atoms with E-state index in [-0.39, 0.29) is 12.1 Å². The summed E-state index contributed by atoms with van der Waals surface area (Å²) in [7, 11) is 1.56. The summed E-state index contributed by atoms with van der Waals surface area (Å²) >= 11 is 0. The average molecular weight is 246 g/mol. The van der Waals surface area contributed by atoms with Crippen LogP contribution in [0.3, 0.4) is 0 Å². The van der Waals surface area contributed by atoms with Gasteiger partial charge in [-0.25, -0.2) is 0 Å². The number of hydrogen-bond donors (Lipinski definition) is 1. The lowest BCUT2D eigenvalue weighted by Gasteiger charge is -2.16. The van der Waals surface area contributed by atoms with Gasteiger partial charge in [-0.3, -0.25) is 0 Å². The molecule has 4 nitrogen and oxygen atoms in total. The highest BCUT2D eigenvalue weighted by Gasteiger charge is 2.24. The molecule has 0 heterocycles. The SMILES string of the molecule is COc1ccc(COC2CCCC2N)cc1C#N. The summed E-state index contributed by atoms with van der Waals surface area (Å²) in [5.74, 6) is 0.596. The number of benzene rings is 1. The number of nitriles is 1. The maximum Gasteiger partial charge on any atom is 0.136 e. The van der Waals surface area contributed by atoms with E-state index in [1.54, 1.807) is 19.2 Å². The lowest BCUT2D eigenvalue weighted by Crippen LogP contribution is -2.31. The summed E-state index contributed by atoms with van der Waals surface area (Å²) in [4.78, 5) is 0. The molecule has 2 N–H and O–H groups in total. The summed E-state index contributed by atoms with van der Waals surface area (Å²) in [5, 5.41) is 9.00. The lowest BCUT2D eigenvalue weighted by molar-refractivity contribution is 0.0357. The van der Waals surface area contributed by atoms with Gasteiger partial charge < -0.3 is 15.2 Å². The van der Waals surface area contributed by atoms with E-state index in [9.17, 15) is 0 Å². The molecule has 0 radical (unpaired) electrons. The summed E-state index contributed by atoms with van der Waals surface area (Å²) < 4.78 is 10.9. The molecule has 1 saturated carbocycles. The van der Waals surface area contributed by atoms with E-state index in [1.807, 2.05) is 6.07 Å². The van der Waals surface area contributed by atoms with Crippen molar-refractivity contribution in [1.29, 1.82) is 5.26 Å². The molecule has 96 valence electrons. The number of rotatable bonds is 4. The Kier molecular flexibility index (Phi) is 4.19. The van der Waals surface area contributed by atoms with Gasteiger partial charge in [-0.2, -0.15) is 5.26 Å². The number of hydrogen-bond acceptors (Lipinski definition) is 4. The third-order valence-corrected chi connectivity index (χ3v) is 3.35. The molecule has 0 aromatic heterocycles. The summed E-state index contributed by atoms with van der Waals surface area (Å²) in [6.45, 7) is 0.497. The normalized spacial score (nSPS) is 22.7. The first-order valence-electron chi connectivity index (χ1n) is 6.19. The molecule has 4 heteroatoms. The van der Waals surface area contributed by atoms with Crippen molar-refractivity contribution in [1.82, 2.24) is 0 Å². The Morgan fingerprint density at radius 3 is 2.89 bits per heavy atom. The molecule has 0 saturated heterocycles. The molecule has 1 aliphatic rings. The topological polar surface area (TPSA) is 68.3 Å². The van der Waals surface area contributed by atoms with Crippen molar-refractivity contribution in [2.75, 3.05) is 7.11 Å². The first-order valence-corrected chi connectivity index (χ1v) is 6.19. The Hall–Kier alpha value is -1.57. The molecule has 0 bridgehead atoms. The van der Waals surface area contributed by atoms with Gasteiger partial charge in [-0.05, 0) is 37.0 Å². The van der Waals surface area contributed by atoms with Crippen LogP contribution in [0.15, 0.2) is 18.2 Å². The van der Waals surface area contributed by atoms with Gasteiger partial charge >= 0.3 is 0 Å². The van der Waals surface area contributed by atoms with Crippen LogP contribution in [-0.2, 0) is 11.3 Å². The Morgan fingerprint density at radius 2 is 2.28 bits per heavy atom. The van der Waals surface area contributed by atoms with E-state index in [0.717, 1.165) is 24.8 Å². The zero-order chi connectivity index (χ0) is 13.0. The minimum absolute atomic E-state index is 0.151. The number of methoxy groups -OCH3 is 1. The molecule has 1 aromatic carbocycles. The van der Waals surface area contributed by atoms with E-state index in [4.69, 9.17) is 20.5 Å². The fourth-order valence-electron chi connectivity index (χ4n) is 2.30. The molecule has 0 amide bonds. The van der Waals surface area contributed by atoms with Crippen molar-refractivity contribution in [2.45, 2.75) is 38.0 Å². The second-order valence-electron chi connectivity index (χ2n) is 4.59. The fourth-order valence-corrected chi connectivity index (χ4v) is 2.30. The van der Waals surface area contributed by atoms with Crippen molar-refractivity contribution in [3.8, 4) is 11.8 Å². The van der Waals surface area contributed by atoms with Crippen LogP contribution in [0.25, 0.3) is 0 Å². The fraction of sp³-hybridized carbons (Fsp3) is 0.500. The highest BCUT2D eigenvalue weighted by Crippen LogP contribution is 2.23. The molecule has 18 heavy (non-hydrogen) atoms. The first-order chi connectivity index (χ1) is 8.74. The number of nitrogens with two attached hydrogens (primary N) is 1. The number of nitrogens with zero attached hydrogens (tertiary/aromatic N) is 1. The van der Waals surface area contributed by atoms with Crippen molar-refractivity contribution in [3.05, 3.63) is 29.3 Å². The summed E-state index contributed by atoms with van der Waals surface area (Å²) in [6.07, 6.45) is 3.36. The quantitative estimate of drug-likeness (QED) is 0.881. The summed E-state index contributed by atoms with van der Waals surface area (Å²) in [5.41, 5.74) is 7.46. The highest BCUT2D eigenvalue weighted by molar-refractivity contribution is 5.45. The predicted octanol–water partition coefficient (Wildman–Crippen LogP) is 1.96. The van der Waals surface area contributed by atoms with E-state index in [0.29, 0.717) is 17.9 Å². The minimum Gasteiger partial charge on any atom is -0.495 e. The Bertz CT molecular complexity index is 454. The third kappa shape index (κ3) is 2.81. The van der Waals surface area contributed by atoms with E-state index < -0.39 is 0 Å². The van der Waals surface area contributed by atoms with Crippen LogP contribution in [-0.4, -0.2) is 19.3 Å². The van der Waals surface area contributed by atoms with Gasteiger partial charge in [0.05, 0.1) is 25.4 Å². The Balaban J connectivity index is 1.99. The Labute approximate surface area is 107 Å². The monoisotopic (exact) mass is 246 g/mol. The van der Waals surface area contributed by atoms with Gasteiger partial charge in [-0.15, -0.1) is 0 Å². The van der Waals surface area contributed by atoms with Crippen molar-refractivity contribution >= 4 is 0 Å². The maximum absolute atomic E-state index is 9.00. The van der Waals surface area contributed by atoms with Crippen LogP contribution in [0, 0.1) is 11.3 Å². The van der Waals surface area contributed by atoms with Gasteiger partial charge in [0.1, 0.15) is 11.8 Å². The maximum atomic E-state index is 9.00.